The van der Waals surface area contributed by atoms with E-state index in [0.717, 1.165) is 5.92 Å². The van der Waals surface area contributed by atoms with Gasteiger partial charge in [0.15, 0.2) is 5.82 Å². The molecule has 1 fully saturated rings. The van der Waals surface area contributed by atoms with Crippen molar-refractivity contribution in [3.63, 3.8) is 0 Å². The summed E-state index contributed by atoms with van der Waals surface area (Å²) in [6.07, 6.45) is 7.76. The SMILES string of the molecule is CCOc1ncnc(NC2CCCC(CC)C2)c1N. The number of nitrogen functional groups attached to an aromatic ring is 1. The first-order valence-corrected chi connectivity index (χ1v) is 7.24. The first kappa shape index (κ1) is 13.9. The maximum atomic E-state index is 6.04. The largest absolute Gasteiger partial charge is 0.476 e. The van der Waals surface area contributed by atoms with Crippen LogP contribution in [0, 0.1) is 5.92 Å². The van der Waals surface area contributed by atoms with E-state index in [1.807, 2.05) is 6.92 Å². The van der Waals surface area contributed by atoms with Gasteiger partial charge < -0.3 is 15.8 Å². The molecule has 0 aliphatic heterocycles. The second-order valence-electron chi connectivity index (χ2n) is 5.16. The summed E-state index contributed by atoms with van der Waals surface area (Å²) >= 11 is 0. The van der Waals surface area contributed by atoms with Crippen LogP contribution in [0.5, 0.6) is 5.88 Å². The summed E-state index contributed by atoms with van der Waals surface area (Å²) < 4.78 is 5.39. The highest BCUT2D eigenvalue weighted by molar-refractivity contribution is 5.66. The number of nitrogens with zero attached hydrogens (tertiary/aromatic N) is 2. The Morgan fingerprint density at radius 1 is 1.37 bits per heavy atom. The second-order valence-corrected chi connectivity index (χ2v) is 5.16. The Morgan fingerprint density at radius 3 is 2.95 bits per heavy atom. The van der Waals surface area contributed by atoms with Crippen LogP contribution in [0.3, 0.4) is 0 Å². The molecule has 0 saturated heterocycles. The average molecular weight is 264 g/mol. The summed E-state index contributed by atoms with van der Waals surface area (Å²) in [5, 5.41) is 3.46. The van der Waals surface area contributed by atoms with Crippen molar-refractivity contribution in [3.8, 4) is 5.88 Å². The van der Waals surface area contributed by atoms with E-state index in [0.29, 0.717) is 30.0 Å². The van der Waals surface area contributed by atoms with Crippen molar-refractivity contribution < 1.29 is 4.74 Å². The predicted molar refractivity (Wildman–Crippen MR) is 77.3 cm³/mol. The number of hydrogen-bond acceptors (Lipinski definition) is 5. The molecule has 2 rings (SSSR count). The molecule has 106 valence electrons. The van der Waals surface area contributed by atoms with E-state index in [2.05, 4.69) is 22.2 Å². The van der Waals surface area contributed by atoms with Gasteiger partial charge in [0.2, 0.25) is 5.88 Å². The van der Waals surface area contributed by atoms with E-state index < -0.39 is 0 Å². The number of nitrogens with one attached hydrogen (secondary N) is 1. The third-order valence-electron chi connectivity index (χ3n) is 3.83. The van der Waals surface area contributed by atoms with Crippen LogP contribution in [-0.4, -0.2) is 22.6 Å². The van der Waals surface area contributed by atoms with Gasteiger partial charge in [-0.2, -0.15) is 4.98 Å². The maximum absolute atomic E-state index is 6.04. The highest BCUT2D eigenvalue weighted by Crippen LogP contribution is 2.31. The molecular formula is C14H24N4O. The highest BCUT2D eigenvalue weighted by Gasteiger charge is 2.22. The molecule has 1 aromatic heterocycles. The Bertz CT molecular complexity index is 410. The zero-order valence-corrected chi connectivity index (χ0v) is 11.9. The van der Waals surface area contributed by atoms with Crippen molar-refractivity contribution in [2.45, 2.75) is 52.0 Å². The fourth-order valence-corrected chi connectivity index (χ4v) is 2.73. The third-order valence-corrected chi connectivity index (χ3v) is 3.83. The van der Waals surface area contributed by atoms with Crippen molar-refractivity contribution in [1.29, 1.82) is 0 Å². The van der Waals surface area contributed by atoms with Crippen molar-refractivity contribution >= 4 is 11.5 Å². The monoisotopic (exact) mass is 264 g/mol. The lowest BCUT2D eigenvalue weighted by atomic mass is 9.84. The van der Waals surface area contributed by atoms with Gasteiger partial charge in [-0.3, -0.25) is 0 Å². The minimum absolute atomic E-state index is 0.463. The van der Waals surface area contributed by atoms with Crippen LogP contribution in [-0.2, 0) is 0 Å². The van der Waals surface area contributed by atoms with Crippen LogP contribution in [0.2, 0.25) is 0 Å². The number of aromatic nitrogens is 2. The molecule has 2 atom stereocenters. The van der Waals surface area contributed by atoms with Gasteiger partial charge in [-0.15, -0.1) is 0 Å². The third kappa shape index (κ3) is 3.49. The van der Waals surface area contributed by atoms with E-state index in [4.69, 9.17) is 10.5 Å². The molecule has 19 heavy (non-hydrogen) atoms. The highest BCUT2D eigenvalue weighted by atomic mass is 16.5. The van der Waals surface area contributed by atoms with E-state index >= 15 is 0 Å². The van der Waals surface area contributed by atoms with Crippen molar-refractivity contribution in [3.05, 3.63) is 6.33 Å². The normalized spacial score (nSPS) is 23.1. The van der Waals surface area contributed by atoms with Crippen LogP contribution >= 0.6 is 0 Å². The topological polar surface area (TPSA) is 73.1 Å². The number of rotatable bonds is 5. The zero-order chi connectivity index (χ0) is 13.7. The number of ether oxygens (including phenoxy) is 1. The van der Waals surface area contributed by atoms with Crippen LogP contribution in [0.15, 0.2) is 6.33 Å². The Kier molecular flexibility index (Phi) is 4.82. The van der Waals surface area contributed by atoms with Gasteiger partial charge in [-0.05, 0) is 25.7 Å². The maximum Gasteiger partial charge on any atom is 0.242 e. The molecule has 0 bridgehead atoms. The van der Waals surface area contributed by atoms with E-state index in [9.17, 15) is 0 Å². The van der Waals surface area contributed by atoms with Crippen molar-refractivity contribution in [1.82, 2.24) is 9.97 Å². The van der Waals surface area contributed by atoms with Crippen LogP contribution in [0.1, 0.15) is 46.0 Å². The lowest BCUT2D eigenvalue weighted by molar-refractivity contribution is 0.324. The summed E-state index contributed by atoms with van der Waals surface area (Å²) in [5.41, 5.74) is 6.56. The van der Waals surface area contributed by atoms with Crippen molar-refractivity contribution in [2.24, 2.45) is 5.92 Å². The molecule has 0 aromatic carbocycles. The molecule has 1 heterocycles. The first-order chi connectivity index (χ1) is 9.24. The first-order valence-electron chi connectivity index (χ1n) is 7.24. The van der Waals surface area contributed by atoms with E-state index in [-0.39, 0.29) is 0 Å². The molecule has 0 radical (unpaired) electrons. The fourth-order valence-electron chi connectivity index (χ4n) is 2.73. The molecule has 1 aliphatic rings. The Hall–Kier alpha value is -1.52. The standard InChI is InChI=1S/C14H24N4O/c1-3-10-6-5-7-11(8-10)18-13-12(15)14(19-4-2)17-9-16-13/h9-11H,3-8,15H2,1-2H3,(H,16,17,18). The van der Waals surface area contributed by atoms with Crippen LogP contribution < -0.4 is 15.8 Å². The molecular weight excluding hydrogens is 240 g/mol. The fraction of sp³-hybridized carbons (Fsp3) is 0.714. The second kappa shape index (κ2) is 6.59. The predicted octanol–water partition coefficient (Wildman–Crippen LogP) is 2.84. The Morgan fingerprint density at radius 2 is 2.21 bits per heavy atom. The van der Waals surface area contributed by atoms with Crippen molar-refractivity contribution in [2.75, 3.05) is 17.7 Å². The smallest absolute Gasteiger partial charge is 0.242 e. The molecule has 3 N–H and O–H groups in total. The lowest BCUT2D eigenvalue weighted by Gasteiger charge is -2.29. The van der Waals surface area contributed by atoms with Gasteiger partial charge in [-0.1, -0.05) is 26.2 Å². The Labute approximate surface area is 115 Å². The van der Waals surface area contributed by atoms with Crippen LogP contribution in [0.25, 0.3) is 0 Å². The van der Waals surface area contributed by atoms with E-state index in [1.54, 1.807) is 0 Å². The summed E-state index contributed by atoms with van der Waals surface area (Å²) in [4.78, 5) is 8.29. The number of anilines is 2. The van der Waals surface area contributed by atoms with Gasteiger partial charge in [0, 0.05) is 6.04 Å². The van der Waals surface area contributed by atoms with Gasteiger partial charge in [0.25, 0.3) is 0 Å². The average Bonchev–Trinajstić information content (AvgIpc) is 2.44. The molecule has 0 spiro atoms. The van der Waals surface area contributed by atoms with E-state index in [1.165, 1.54) is 38.4 Å². The van der Waals surface area contributed by atoms with Crippen LogP contribution in [0.4, 0.5) is 11.5 Å². The summed E-state index contributed by atoms with van der Waals surface area (Å²) in [6.45, 7) is 4.74. The molecule has 2 unspecified atom stereocenters. The van der Waals surface area contributed by atoms with Gasteiger partial charge in [0.1, 0.15) is 12.0 Å². The number of nitrogens with two attached hydrogens (primary N) is 1. The number of hydrogen-bond donors (Lipinski definition) is 2. The minimum atomic E-state index is 0.463. The van der Waals surface area contributed by atoms with Gasteiger partial charge in [-0.25, -0.2) is 4.98 Å². The molecule has 1 aromatic rings. The van der Waals surface area contributed by atoms with Gasteiger partial charge in [0.05, 0.1) is 6.61 Å². The zero-order valence-electron chi connectivity index (χ0n) is 11.9. The molecule has 5 nitrogen and oxygen atoms in total. The summed E-state index contributed by atoms with van der Waals surface area (Å²) in [7, 11) is 0. The molecule has 1 aliphatic carbocycles. The molecule has 0 amide bonds. The summed E-state index contributed by atoms with van der Waals surface area (Å²) in [6, 6.07) is 0.463. The Balaban J connectivity index is 2.04. The molecule has 1 saturated carbocycles. The lowest BCUT2D eigenvalue weighted by Crippen LogP contribution is -2.28. The minimum Gasteiger partial charge on any atom is -0.476 e. The summed E-state index contributed by atoms with van der Waals surface area (Å²) in [5.74, 6) is 2.00. The quantitative estimate of drug-likeness (QED) is 0.855. The molecule has 5 heteroatoms. The van der Waals surface area contributed by atoms with Gasteiger partial charge >= 0.3 is 0 Å².